The van der Waals surface area contributed by atoms with Gasteiger partial charge in [0.2, 0.25) is 5.91 Å². The first-order valence-corrected chi connectivity index (χ1v) is 13.0. The number of rotatable bonds is 5. The SMILES string of the molecule is CC(C)CCC[C@H](C)[C@@H]1CC[C@H]2[C@H]3CC[C@H]4NC(=O)C(C)C[C@@]4(C)[C@H]3CC[C@@]21C. The Bertz CT molecular complexity index is 614. The summed E-state index contributed by atoms with van der Waals surface area (Å²) in [6.45, 7) is 14.7. The van der Waals surface area contributed by atoms with Crippen molar-refractivity contribution in [2.24, 2.45) is 52.3 Å². The molecule has 0 spiro atoms. The van der Waals surface area contributed by atoms with E-state index in [1.54, 1.807) is 0 Å². The maximum Gasteiger partial charge on any atom is 0.223 e. The highest BCUT2D eigenvalue weighted by atomic mass is 16.2. The zero-order valence-electron chi connectivity index (χ0n) is 20.1. The van der Waals surface area contributed by atoms with Gasteiger partial charge in [0.1, 0.15) is 0 Å². The van der Waals surface area contributed by atoms with Crippen LogP contribution in [0.2, 0.25) is 0 Å². The highest BCUT2D eigenvalue weighted by molar-refractivity contribution is 5.79. The minimum Gasteiger partial charge on any atom is -0.353 e. The summed E-state index contributed by atoms with van der Waals surface area (Å²) in [5.74, 6) is 5.85. The summed E-state index contributed by atoms with van der Waals surface area (Å²) < 4.78 is 0. The fraction of sp³-hybridized carbons (Fsp3) is 0.963. The molecule has 2 heteroatoms. The van der Waals surface area contributed by atoms with Crippen LogP contribution >= 0.6 is 0 Å². The quantitative estimate of drug-likeness (QED) is 0.537. The number of hydrogen-bond acceptors (Lipinski definition) is 1. The Morgan fingerprint density at radius 2 is 1.69 bits per heavy atom. The molecule has 0 bridgehead atoms. The van der Waals surface area contributed by atoms with Crippen molar-refractivity contribution in [3.05, 3.63) is 0 Å². The molecule has 3 aliphatic carbocycles. The van der Waals surface area contributed by atoms with E-state index in [4.69, 9.17) is 0 Å². The van der Waals surface area contributed by atoms with Gasteiger partial charge in [-0.1, -0.05) is 60.8 Å². The minimum absolute atomic E-state index is 0.195. The number of piperidine rings is 1. The van der Waals surface area contributed by atoms with Gasteiger partial charge >= 0.3 is 0 Å². The average molecular weight is 402 g/mol. The largest absolute Gasteiger partial charge is 0.353 e. The molecule has 1 unspecified atom stereocenters. The molecule has 0 aromatic carbocycles. The molecule has 1 saturated heterocycles. The predicted octanol–water partition coefficient (Wildman–Crippen LogP) is 6.83. The van der Waals surface area contributed by atoms with Crippen LogP contribution in [0, 0.1) is 52.3 Å². The van der Waals surface area contributed by atoms with E-state index in [9.17, 15) is 4.79 Å². The van der Waals surface area contributed by atoms with Crippen LogP contribution in [0.1, 0.15) is 106 Å². The lowest BCUT2D eigenvalue weighted by Gasteiger charge is -2.61. The van der Waals surface area contributed by atoms with E-state index >= 15 is 0 Å². The van der Waals surface area contributed by atoms with Gasteiger partial charge in [-0.15, -0.1) is 0 Å². The first kappa shape index (κ1) is 21.7. The maximum absolute atomic E-state index is 12.3. The van der Waals surface area contributed by atoms with Crippen molar-refractivity contribution in [2.45, 2.75) is 112 Å². The second kappa shape index (κ2) is 7.86. The molecule has 1 heterocycles. The number of fused-ring (bicyclic) bond motifs is 5. The van der Waals surface area contributed by atoms with E-state index in [1.165, 1.54) is 57.8 Å². The molecule has 0 aromatic heterocycles. The Kier molecular flexibility index (Phi) is 5.88. The molecule has 29 heavy (non-hydrogen) atoms. The third-order valence-corrected chi connectivity index (χ3v) is 10.6. The van der Waals surface area contributed by atoms with Crippen molar-refractivity contribution in [2.75, 3.05) is 0 Å². The number of amides is 1. The minimum atomic E-state index is 0.195. The fourth-order valence-electron chi connectivity index (χ4n) is 9.08. The molecular formula is C27H47NO. The lowest BCUT2D eigenvalue weighted by Crippen LogP contribution is -2.62. The van der Waals surface area contributed by atoms with Crippen LogP contribution in [-0.2, 0) is 4.79 Å². The lowest BCUT2D eigenvalue weighted by molar-refractivity contribution is -0.144. The van der Waals surface area contributed by atoms with E-state index in [1.807, 2.05) is 0 Å². The maximum atomic E-state index is 12.3. The Morgan fingerprint density at radius 1 is 0.966 bits per heavy atom. The predicted molar refractivity (Wildman–Crippen MR) is 121 cm³/mol. The summed E-state index contributed by atoms with van der Waals surface area (Å²) in [5.41, 5.74) is 0.906. The molecular weight excluding hydrogens is 354 g/mol. The number of hydrogen-bond donors (Lipinski definition) is 1. The van der Waals surface area contributed by atoms with Crippen LogP contribution in [0.5, 0.6) is 0 Å². The highest BCUT2D eigenvalue weighted by Crippen LogP contribution is 2.67. The smallest absolute Gasteiger partial charge is 0.223 e. The molecule has 1 aliphatic heterocycles. The van der Waals surface area contributed by atoms with Gasteiger partial charge in [-0.25, -0.2) is 0 Å². The number of carbonyl (C=O) groups excluding carboxylic acids is 1. The van der Waals surface area contributed by atoms with Crippen molar-refractivity contribution in [3.8, 4) is 0 Å². The van der Waals surface area contributed by atoms with Crippen LogP contribution in [-0.4, -0.2) is 11.9 Å². The monoisotopic (exact) mass is 401 g/mol. The molecule has 2 nitrogen and oxygen atoms in total. The molecule has 1 N–H and O–H groups in total. The standard InChI is InChI=1S/C27H47NO/c1-17(2)8-7-9-18(3)21-11-12-22-20-10-13-24-27(6,16-19(4)25(29)28-24)23(20)14-15-26(21,22)5/h17-24H,7-16H2,1-6H3,(H,28,29)/t18-,19?,20+,21-,22-,23-,24+,26+,27-/m0/s1. The number of nitrogens with one attached hydrogen (secondary N) is 1. The highest BCUT2D eigenvalue weighted by Gasteiger charge is 2.61. The van der Waals surface area contributed by atoms with Gasteiger partial charge < -0.3 is 5.32 Å². The zero-order chi connectivity index (χ0) is 21.0. The normalized spacial score (nSPS) is 47.9. The van der Waals surface area contributed by atoms with Gasteiger partial charge in [-0.2, -0.15) is 0 Å². The van der Waals surface area contributed by atoms with Crippen molar-refractivity contribution < 1.29 is 4.79 Å². The third-order valence-electron chi connectivity index (χ3n) is 10.6. The first-order valence-electron chi connectivity index (χ1n) is 13.0. The van der Waals surface area contributed by atoms with Crippen LogP contribution in [0.25, 0.3) is 0 Å². The van der Waals surface area contributed by atoms with Gasteiger partial charge in [0, 0.05) is 12.0 Å². The topological polar surface area (TPSA) is 29.1 Å². The second-order valence-electron chi connectivity index (χ2n) is 12.7. The molecule has 9 atom stereocenters. The van der Waals surface area contributed by atoms with Crippen LogP contribution in [0.15, 0.2) is 0 Å². The van der Waals surface area contributed by atoms with Crippen LogP contribution in [0.3, 0.4) is 0 Å². The summed E-state index contributed by atoms with van der Waals surface area (Å²) in [6.07, 6.45) is 13.7. The molecule has 166 valence electrons. The Balaban J connectivity index is 1.48. The average Bonchev–Trinajstić information content (AvgIpc) is 3.00. The molecule has 0 aromatic rings. The summed E-state index contributed by atoms with van der Waals surface area (Å²) in [5, 5.41) is 3.43. The van der Waals surface area contributed by atoms with E-state index in [0.717, 1.165) is 41.9 Å². The van der Waals surface area contributed by atoms with E-state index < -0.39 is 0 Å². The van der Waals surface area contributed by atoms with E-state index in [2.05, 4.69) is 46.9 Å². The van der Waals surface area contributed by atoms with Gasteiger partial charge in [0.25, 0.3) is 0 Å². The molecule has 0 radical (unpaired) electrons. The third kappa shape index (κ3) is 3.59. The molecule has 3 saturated carbocycles. The summed E-state index contributed by atoms with van der Waals surface area (Å²) in [6, 6.07) is 0.434. The van der Waals surface area contributed by atoms with Crippen LogP contribution < -0.4 is 5.32 Å². The van der Waals surface area contributed by atoms with Crippen molar-refractivity contribution >= 4 is 5.91 Å². The first-order chi connectivity index (χ1) is 13.7. The van der Waals surface area contributed by atoms with Crippen molar-refractivity contribution in [1.29, 1.82) is 0 Å². The zero-order valence-corrected chi connectivity index (χ0v) is 20.1. The summed E-state index contributed by atoms with van der Waals surface area (Å²) in [7, 11) is 0. The Labute approximate surface area is 180 Å². The fourth-order valence-corrected chi connectivity index (χ4v) is 9.08. The van der Waals surface area contributed by atoms with Crippen molar-refractivity contribution in [3.63, 3.8) is 0 Å². The van der Waals surface area contributed by atoms with Crippen molar-refractivity contribution in [1.82, 2.24) is 5.32 Å². The summed E-state index contributed by atoms with van der Waals surface area (Å²) in [4.78, 5) is 12.3. The summed E-state index contributed by atoms with van der Waals surface area (Å²) >= 11 is 0. The van der Waals surface area contributed by atoms with E-state index in [-0.39, 0.29) is 5.92 Å². The number of carbonyl (C=O) groups is 1. The molecule has 4 rings (SSSR count). The molecule has 1 amide bonds. The van der Waals surface area contributed by atoms with Gasteiger partial charge in [0.15, 0.2) is 0 Å². The van der Waals surface area contributed by atoms with Gasteiger partial charge in [-0.3, -0.25) is 4.79 Å². The lowest BCUT2D eigenvalue weighted by atomic mass is 9.46. The Hall–Kier alpha value is -0.530. The van der Waals surface area contributed by atoms with E-state index in [0.29, 0.717) is 22.8 Å². The van der Waals surface area contributed by atoms with Gasteiger partial charge in [0.05, 0.1) is 0 Å². The second-order valence-corrected chi connectivity index (χ2v) is 12.7. The van der Waals surface area contributed by atoms with Crippen LogP contribution in [0.4, 0.5) is 0 Å². The molecule has 4 fully saturated rings. The molecule has 4 aliphatic rings. The Morgan fingerprint density at radius 3 is 2.41 bits per heavy atom. The van der Waals surface area contributed by atoms with Gasteiger partial charge in [-0.05, 0) is 91.3 Å².